The van der Waals surface area contributed by atoms with Crippen LogP contribution in [0.2, 0.25) is 0 Å². The fraction of sp³-hybridized carbons (Fsp3) is 0.556. The van der Waals surface area contributed by atoms with Crippen molar-refractivity contribution in [2.75, 3.05) is 13.1 Å². The van der Waals surface area contributed by atoms with Gasteiger partial charge in [-0.1, -0.05) is 18.2 Å². The number of halogens is 2. The van der Waals surface area contributed by atoms with Crippen LogP contribution in [0, 0.1) is 0 Å². The lowest BCUT2D eigenvalue weighted by molar-refractivity contribution is -0.0566. The van der Waals surface area contributed by atoms with Crippen molar-refractivity contribution in [3.63, 3.8) is 0 Å². The second-order valence-corrected chi connectivity index (χ2v) is 6.23. The van der Waals surface area contributed by atoms with E-state index in [0.717, 1.165) is 23.3 Å². The number of likely N-dealkylation sites (tertiary alicyclic amines) is 1. The highest BCUT2D eigenvalue weighted by atomic mass is 19.3. The Morgan fingerprint density at radius 3 is 2.59 bits per heavy atom. The van der Waals surface area contributed by atoms with Crippen LogP contribution in [-0.2, 0) is 13.0 Å². The van der Waals surface area contributed by atoms with Gasteiger partial charge in [-0.3, -0.25) is 4.90 Å². The van der Waals surface area contributed by atoms with E-state index in [4.69, 9.17) is 4.74 Å². The first kappa shape index (κ1) is 16.9. The predicted octanol–water partition coefficient (Wildman–Crippen LogP) is 4.43. The molecular weight excluding hydrogens is 284 g/mol. The monoisotopic (exact) mass is 309 g/mol. The molecule has 1 aromatic carbocycles. The molecule has 1 fully saturated rings. The fourth-order valence-electron chi connectivity index (χ4n) is 2.71. The zero-order valence-electron chi connectivity index (χ0n) is 13.4. The summed E-state index contributed by atoms with van der Waals surface area (Å²) in [7, 11) is 0. The van der Waals surface area contributed by atoms with Gasteiger partial charge in [0, 0.05) is 32.5 Å². The highest BCUT2D eigenvalue weighted by Gasteiger charge is 2.33. The van der Waals surface area contributed by atoms with Gasteiger partial charge in [0.05, 0.1) is 6.10 Å². The van der Waals surface area contributed by atoms with E-state index < -0.39 is 5.92 Å². The molecule has 0 aliphatic carbocycles. The molecule has 1 aliphatic heterocycles. The van der Waals surface area contributed by atoms with Gasteiger partial charge in [0.15, 0.2) is 0 Å². The highest BCUT2D eigenvalue weighted by molar-refractivity contribution is 5.38. The largest absolute Gasteiger partial charge is 0.491 e. The highest BCUT2D eigenvalue weighted by Crippen LogP contribution is 2.29. The van der Waals surface area contributed by atoms with Crippen LogP contribution in [0.3, 0.4) is 0 Å². The topological polar surface area (TPSA) is 12.5 Å². The Morgan fingerprint density at radius 2 is 2.00 bits per heavy atom. The molecule has 1 aliphatic rings. The van der Waals surface area contributed by atoms with Gasteiger partial charge < -0.3 is 4.74 Å². The second kappa shape index (κ2) is 7.23. The number of benzene rings is 1. The molecule has 0 unspecified atom stereocenters. The van der Waals surface area contributed by atoms with Gasteiger partial charge in [0.1, 0.15) is 5.75 Å². The summed E-state index contributed by atoms with van der Waals surface area (Å²) in [6.07, 6.45) is 2.64. The van der Waals surface area contributed by atoms with Crippen molar-refractivity contribution >= 4 is 0 Å². The number of hydrogen-bond donors (Lipinski definition) is 0. The molecule has 2 nitrogen and oxygen atoms in total. The van der Waals surface area contributed by atoms with E-state index in [0.29, 0.717) is 19.6 Å². The normalized spacial score (nSPS) is 18.4. The van der Waals surface area contributed by atoms with E-state index in [2.05, 4.69) is 17.5 Å². The molecular formula is C18H25F2NO. The summed E-state index contributed by atoms with van der Waals surface area (Å²) in [4.78, 5) is 2.09. The minimum Gasteiger partial charge on any atom is -0.491 e. The lowest BCUT2D eigenvalue weighted by Crippen LogP contribution is -2.38. The Balaban J connectivity index is 2.05. The smallest absolute Gasteiger partial charge is 0.250 e. The zero-order valence-corrected chi connectivity index (χ0v) is 13.4. The molecule has 0 bridgehead atoms. The van der Waals surface area contributed by atoms with Gasteiger partial charge in [-0.25, -0.2) is 8.78 Å². The minimum atomic E-state index is -2.49. The van der Waals surface area contributed by atoms with Gasteiger partial charge in [0.2, 0.25) is 0 Å². The Hall–Kier alpha value is -1.42. The van der Waals surface area contributed by atoms with Crippen molar-refractivity contribution in [1.82, 2.24) is 4.90 Å². The first-order valence-corrected chi connectivity index (χ1v) is 7.89. The predicted molar refractivity (Wildman–Crippen MR) is 85.6 cm³/mol. The SMILES string of the molecule is C=CCc1cc(CN2CCC(F)(F)CC2)ccc1OC(C)C. The van der Waals surface area contributed by atoms with E-state index in [9.17, 15) is 8.78 Å². The standard InChI is InChI=1S/C18H25F2NO/c1-4-5-16-12-15(6-7-17(16)22-14(2)3)13-21-10-8-18(19,20)9-11-21/h4,6-7,12,14H,1,5,8-11,13H2,2-3H3. The first-order chi connectivity index (χ1) is 10.4. The molecule has 0 saturated carbocycles. The molecule has 2 rings (SSSR count). The van der Waals surface area contributed by atoms with Gasteiger partial charge in [-0.2, -0.15) is 0 Å². The van der Waals surface area contributed by atoms with Crippen molar-refractivity contribution in [1.29, 1.82) is 0 Å². The average molecular weight is 309 g/mol. The summed E-state index contributed by atoms with van der Waals surface area (Å²) in [5.41, 5.74) is 2.24. The number of rotatable bonds is 6. The maximum absolute atomic E-state index is 13.2. The van der Waals surface area contributed by atoms with Crippen LogP contribution in [0.1, 0.15) is 37.8 Å². The van der Waals surface area contributed by atoms with Crippen LogP contribution in [0.15, 0.2) is 30.9 Å². The second-order valence-electron chi connectivity index (χ2n) is 6.23. The number of piperidine rings is 1. The molecule has 0 radical (unpaired) electrons. The summed E-state index contributed by atoms with van der Waals surface area (Å²) >= 11 is 0. The number of allylic oxidation sites excluding steroid dienone is 1. The van der Waals surface area contributed by atoms with E-state index in [1.807, 2.05) is 32.1 Å². The maximum atomic E-state index is 13.2. The van der Waals surface area contributed by atoms with Crippen LogP contribution < -0.4 is 4.74 Å². The minimum absolute atomic E-state index is 0.0406. The van der Waals surface area contributed by atoms with Gasteiger partial charge in [-0.05, 0) is 37.5 Å². The molecule has 122 valence electrons. The van der Waals surface area contributed by atoms with Crippen molar-refractivity contribution in [3.05, 3.63) is 42.0 Å². The van der Waals surface area contributed by atoms with E-state index >= 15 is 0 Å². The number of ether oxygens (including phenoxy) is 1. The lowest BCUT2D eigenvalue weighted by Gasteiger charge is -2.31. The molecule has 22 heavy (non-hydrogen) atoms. The third-order valence-corrected chi connectivity index (χ3v) is 3.85. The molecule has 0 spiro atoms. The average Bonchev–Trinajstić information content (AvgIpc) is 2.44. The summed E-state index contributed by atoms with van der Waals surface area (Å²) in [6, 6.07) is 6.11. The van der Waals surface area contributed by atoms with Crippen LogP contribution in [0.4, 0.5) is 8.78 Å². The summed E-state index contributed by atoms with van der Waals surface area (Å²) in [5.74, 6) is -1.61. The Bertz CT molecular complexity index is 504. The Kier molecular flexibility index (Phi) is 5.57. The molecule has 0 amide bonds. The van der Waals surface area contributed by atoms with E-state index in [1.54, 1.807) is 0 Å². The van der Waals surface area contributed by atoms with E-state index in [-0.39, 0.29) is 18.9 Å². The third-order valence-electron chi connectivity index (χ3n) is 3.85. The van der Waals surface area contributed by atoms with Crippen molar-refractivity contribution in [2.24, 2.45) is 0 Å². The third kappa shape index (κ3) is 4.80. The van der Waals surface area contributed by atoms with E-state index in [1.165, 1.54) is 0 Å². The Morgan fingerprint density at radius 1 is 1.32 bits per heavy atom. The van der Waals surface area contributed by atoms with Gasteiger partial charge >= 0.3 is 0 Å². The fourth-order valence-corrected chi connectivity index (χ4v) is 2.71. The molecule has 0 atom stereocenters. The summed E-state index contributed by atoms with van der Waals surface area (Å²) < 4.78 is 32.2. The van der Waals surface area contributed by atoms with Crippen molar-refractivity contribution in [3.8, 4) is 5.75 Å². The zero-order chi connectivity index (χ0) is 16.2. The number of hydrogen-bond acceptors (Lipinski definition) is 2. The van der Waals surface area contributed by atoms with Crippen LogP contribution in [-0.4, -0.2) is 30.0 Å². The molecule has 1 heterocycles. The van der Waals surface area contributed by atoms with Crippen molar-refractivity contribution in [2.45, 2.75) is 51.7 Å². The quantitative estimate of drug-likeness (QED) is 0.721. The first-order valence-electron chi connectivity index (χ1n) is 7.89. The van der Waals surface area contributed by atoms with Crippen LogP contribution in [0.25, 0.3) is 0 Å². The maximum Gasteiger partial charge on any atom is 0.250 e. The molecule has 0 aromatic heterocycles. The van der Waals surface area contributed by atoms with Gasteiger partial charge in [0.25, 0.3) is 5.92 Å². The molecule has 0 N–H and O–H groups in total. The lowest BCUT2D eigenvalue weighted by atomic mass is 10.0. The summed E-state index contributed by atoms with van der Waals surface area (Å²) in [5, 5.41) is 0. The van der Waals surface area contributed by atoms with Crippen LogP contribution in [0.5, 0.6) is 5.75 Å². The van der Waals surface area contributed by atoms with Gasteiger partial charge in [-0.15, -0.1) is 6.58 Å². The summed E-state index contributed by atoms with van der Waals surface area (Å²) in [6.45, 7) is 9.40. The number of nitrogens with zero attached hydrogens (tertiary/aromatic N) is 1. The van der Waals surface area contributed by atoms with Crippen molar-refractivity contribution < 1.29 is 13.5 Å². The Labute approximate surface area is 131 Å². The van der Waals surface area contributed by atoms with Crippen LogP contribution >= 0.6 is 0 Å². The molecule has 1 aromatic rings. The molecule has 1 saturated heterocycles. The number of alkyl halides is 2. The molecule has 4 heteroatoms.